The Kier molecular flexibility index (Phi) is 6.11. The summed E-state index contributed by atoms with van der Waals surface area (Å²) in [5, 5.41) is 2.09. The van der Waals surface area contributed by atoms with Crippen LogP contribution in [0.5, 0.6) is 0 Å². The molecule has 4 heteroatoms. The maximum atomic E-state index is 5.03. The van der Waals surface area contributed by atoms with Crippen LogP contribution in [0.15, 0.2) is 158 Å². The summed E-state index contributed by atoms with van der Waals surface area (Å²) in [4.78, 5) is 14.6. The number of anilines is 6. The number of hydrogen-bond acceptors (Lipinski definition) is 4. The molecule has 0 aliphatic carbocycles. The molecule has 2 aromatic heterocycles. The lowest BCUT2D eigenvalue weighted by atomic mass is 10.0. The van der Waals surface area contributed by atoms with Gasteiger partial charge < -0.3 is 9.80 Å². The van der Waals surface area contributed by atoms with Gasteiger partial charge in [-0.15, -0.1) is 0 Å². The first-order chi connectivity index (χ1) is 19.9. The van der Waals surface area contributed by atoms with E-state index in [-0.39, 0.29) is 0 Å². The highest BCUT2D eigenvalue weighted by Crippen LogP contribution is 2.49. The first-order valence-electron chi connectivity index (χ1n) is 13.4. The van der Waals surface area contributed by atoms with E-state index in [2.05, 4.69) is 119 Å². The van der Waals surface area contributed by atoms with Crippen molar-refractivity contribution < 1.29 is 0 Å². The Morgan fingerprint density at radius 1 is 0.325 bits per heavy atom. The third-order valence-electron chi connectivity index (χ3n) is 7.08. The van der Waals surface area contributed by atoms with E-state index < -0.39 is 0 Å². The van der Waals surface area contributed by atoms with Crippen LogP contribution in [0.1, 0.15) is 0 Å². The fourth-order valence-corrected chi connectivity index (χ4v) is 5.40. The topological polar surface area (TPSA) is 32.3 Å². The molecular weight excluding hydrogens is 488 g/mol. The van der Waals surface area contributed by atoms with Gasteiger partial charge in [-0.3, -0.25) is 9.97 Å². The minimum Gasteiger partial charge on any atom is -0.309 e. The average Bonchev–Trinajstić information content (AvgIpc) is 3.04. The Hall–Kier alpha value is -5.48. The minimum atomic E-state index is 0.883. The fourth-order valence-electron chi connectivity index (χ4n) is 5.40. The van der Waals surface area contributed by atoms with Crippen molar-refractivity contribution in [3.63, 3.8) is 0 Å². The molecule has 0 unspecified atom stereocenters. The summed E-state index contributed by atoms with van der Waals surface area (Å²) >= 11 is 0. The van der Waals surface area contributed by atoms with Crippen LogP contribution in [-0.4, -0.2) is 9.97 Å². The second kappa shape index (κ2) is 10.4. The Balaban J connectivity index is 1.62. The lowest BCUT2D eigenvalue weighted by Crippen LogP contribution is -2.15. The van der Waals surface area contributed by atoms with Crippen LogP contribution < -0.4 is 9.80 Å². The molecule has 0 fully saturated rings. The number of para-hydroxylation sites is 4. The van der Waals surface area contributed by atoms with E-state index in [1.165, 1.54) is 0 Å². The number of fused-ring (bicyclic) bond motifs is 2. The molecule has 0 N–H and O–H groups in total. The SMILES string of the molecule is c1ccc(N(c2ccccc2)c2c3cccnc3c(N(c3ccccc3)c3ccccc3)c3ncccc23)cc1. The smallest absolute Gasteiger partial charge is 0.0992 e. The number of benzene rings is 5. The molecule has 0 aliphatic rings. The van der Waals surface area contributed by atoms with E-state index in [4.69, 9.17) is 9.97 Å². The Bertz CT molecular complexity index is 1610. The largest absolute Gasteiger partial charge is 0.309 e. The van der Waals surface area contributed by atoms with E-state index in [1.807, 2.05) is 48.8 Å². The molecular formula is C36H26N4. The van der Waals surface area contributed by atoms with Crippen molar-refractivity contribution in [1.29, 1.82) is 0 Å². The van der Waals surface area contributed by atoms with Gasteiger partial charge in [-0.1, -0.05) is 72.8 Å². The highest BCUT2D eigenvalue weighted by molar-refractivity contribution is 6.21. The monoisotopic (exact) mass is 514 g/mol. The van der Waals surface area contributed by atoms with Gasteiger partial charge in [0.25, 0.3) is 0 Å². The van der Waals surface area contributed by atoms with Crippen LogP contribution in [0, 0.1) is 0 Å². The highest BCUT2D eigenvalue weighted by atomic mass is 15.2. The second-order valence-corrected chi connectivity index (χ2v) is 9.51. The van der Waals surface area contributed by atoms with Crippen molar-refractivity contribution in [2.45, 2.75) is 0 Å². The van der Waals surface area contributed by atoms with Gasteiger partial charge in [0, 0.05) is 45.9 Å². The molecule has 0 spiro atoms. The summed E-state index contributed by atoms with van der Waals surface area (Å²) in [5.41, 5.74) is 7.99. The number of rotatable bonds is 6. The zero-order valence-electron chi connectivity index (χ0n) is 21.8. The summed E-state index contributed by atoms with van der Waals surface area (Å²) in [7, 11) is 0. The molecule has 40 heavy (non-hydrogen) atoms. The van der Waals surface area contributed by atoms with Gasteiger partial charge in [0.15, 0.2) is 0 Å². The number of nitrogens with zero attached hydrogens (tertiary/aromatic N) is 4. The van der Waals surface area contributed by atoms with E-state index >= 15 is 0 Å². The van der Waals surface area contributed by atoms with Crippen molar-refractivity contribution in [1.82, 2.24) is 9.97 Å². The third-order valence-corrected chi connectivity index (χ3v) is 7.08. The first-order valence-corrected chi connectivity index (χ1v) is 13.4. The first kappa shape index (κ1) is 23.6. The third kappa shape index (κ3) is 4.12. The van der Waals surface area contributed by atoms with E-state index in [1.54, 1.807) is 0 Å². The van der Waals surface area contributed by atoms with Gasteiger partial charge in [0.2, 0.25) is 0 Å². The summed E-state index contributed by atoms with van der Waals surface area (Å²) < 4.78 is 0. The maximum Gasteiger partial charge on any atom is 0.0992 e. The number of hydrogen-bond donors (Lipinski definition) is 0. The summed E-state index contributed by atoms with van der Waals surface area (Å²) in [6.07, 6.45) is 3.74. The van der Waals surface area contributed by atoms with E-state index in [0.717, 1.165) is 55.9 Å². The molecule has 7 aromatic rings. The van der Waals surface area contributed by atoms with Gasteiger partial charge in [0.05, 0.1) is 22.4 Å². The minimum absolute atomic E-state index is 0.883. The van der Waals surface area contributed by atoms with E-state index in [9.17, 15) is 0 Å². The molecule has 0 amide bonds. The Labute approximate surface area is 233 Å². The molecule has 2 heterocycles. The Morgan fingerprint density at radius 2 is 0.650 bits per heavy atom. The standard InChI is InChI=1S/C36H26N4/c1-5-15-27(16-6-1)39(28-17-7-2-8-18-28)35-31-23-13-25-37-33(31)36(34-32(35)24-14-26-38-34)40(29-19-9-3-10-20-29)30-21-11-4-12-22-30/h1-26H. The normalized spacial score (nSPS) is 11.0. The molecule has 190 valence electrons. The lowest BCUT2D eigenvalue weighted by Gasteiger charge is -2.31. The highest BCUT2D eigenvalue weighted by Gasteiger charge is 2.26. The predicted octanol–water partition coefficient (Wildman–Crippen LogP) is 9.72. The van der Waals surface area contributed by atoms with Gasteiger partial charge >= 0.3 is 0 Å². The molecule has 5 aromatic carbocycles. The molecule has 0 aliphatic heterocycles. The van der Waals surface area contributed by atoms with Gasteiger partial charge in [0.1, 0.15) is 0 Å². The molecule has 4 nitrogen and oxygen atoms in total. The van der Waals surface area contributed by atoms with Crippen LogP contribution in [-0.2, 0) is 0 Å². The summed E-state index contributed by atoms with van der Waals surface area (Å²) in [6.45, 7) is 0. The van der Waals surface area contributed by atoms with Crippen LogP contribution >= 0.6 is 0 Å². The van der Waals surface area contributed by atoms with Crippen molar-refractivity contribution in [3.8, 4) is 0 Å². The van der Waals surface area contributed by atoms with Crippen LogP contribution in [0.2, 0.25) is 0 Å². The zero-order valence-corrected chi connectivity index (χ0v) is 21.8. The lowest BCUT2D eigenvalue weighted by molar-refractivity contribution is 1.26. The second-order valence-electron chi connectivity index (χ2n) is 9.51. The molecule has 0 bridgehead atoms. The van der Waals surface area contributed by atoms with Gasteiger partial charge in [-0.25, -0.2) is 0 Å². The molecule has 0 saturated heterocycles. The summed E-state index contributed by atoms with van der Waals surface area (Å²) in [5.74, 6) is 0. The number of aromatic nitrogens is 2. The maximum absolute atomic E-state index is 5.03. The van der Waals surface area contributed by atoms with Gasteiger partial charge in [-0.2, -0.15) is 0 Å². The summed E-state index contributed by atoms with van der Waals surface area (Å²) in [6, 6.07) is 50.2. The van der Waals surface area contributed by atoms with Crippen LogP contribution in [0.4, 0.5) is 34.1 Å². The Morgan fingerprint density at radius 3 is 1.00 bits per heavy atom. The van der Waals surface area contributed by atoms with Gasteiger partial charge in [-0.05, 0) is 72.8 Å². The van der Waals surface area contributed by atoms with Crippen molar-refractivity contribution in [2.24, 2.45) is 0 Å². The van der Waals surface area contributed by atoms with Crippen LogP contribution in [0.3, 0.4) is 0 Å². The van der Waals surface area contributed by atoms with E-state index in [0.29, 0.717) is 0 Å². The average molecular weight is 515 g/mol. The van der Waals surface area contributed by atoms with Crippen molar-refractivity contribution in [3.05, 3.63) is 158 Å². The number of pyridine rings is 2. The molecule has 0 radical (unpaired) electrons. The van der Waals surface area contributed by atoms with Crippen molar-refractivity contribution in [2.75, 3.05) is 9.80 Å². The quantitative estimate of drug-likeness (QED) is 0.163. The molecule has 7 rings (SSSR count). The van der Waals surface area contributed by atoms with Crippen LogP contribution in [0.25, 0.3) is 21.8 Å². The molecule has 0 atom stereocenters. The van der Waals surface area contributed by atoms with Crippen molar-refractivity contribution >= 4 is 55.9 Å². The predicted molar refractivity (Wildman–Crippen MR) is 166 cm³/mol. The zero-order chi connectivity index (χ0) is 26.7. The fraction of sp³-hybridized carbons (Fsp3) is 0. The molecule has 0 saturated carbocycles.